The molecule has 0 saturated heterocycles. The van der Waals surface area contributed by atoms with Crippen LogP contribution in [0.15, 0.2) is 52.4 Å². The maximum Gasteiger partial charge on any atom is 0.262 e. The van der Waals surface area contributed by atoms with Crippen LogP contribution in [0.3, 0.4) is 0 Å². The number of halogens is 1. The van der Waals surface area contributed by atoms with Crippen LogP contribution in [0.5, 0.6) is 0 Å². The first-order chi connectivity index (χ1) is 14.0. The second-order valence-electron chi connectivity index (χ2n) is 7.32. The number of carbonyl (C=O) groups excluding carboxylic acids is 1. The van der Waals surface area contributed by atoms with Crippen LogP contribution in [0, 0.1) is 6.92 Å². The van der Waals surface area contributed by atoms with E-state index in [2.05, 4.69) is 5.32 Å². The number of hydrogen-bond donors (Lipinski definition) is 1. The van der Waals surface area contributed by atoms with Gasteiger partial charge in [0.1, 0.15) is 0 Å². The number of aryl methyl sites for hydroxylation is 1. The van der Waals surface area contributed by atoms with E-state index in [1.54, 1.807) is 16.7 Å². The van der Waals surface area contributed by atoms with Crippen molar-refractivity contribution in [2.24, 2.45) is 0 Å². The summed E-state index contributed by atoms with van der Waals surface area (Å²) in [4.78, 5) is 30.4. The third-order valence-corrected chi connectivity index (χ3v) is 6.46. The van der Waals surface area contributed by atoms with E-state index < -0.39 is 0 Å². The van der Waals surface area contributed by atoms with Crippen molar-refractivity contribution in [1.29, 1.82) is 0 Å². The largest absolute Gasteiger partial charge is 0.325 e. The summed E-state index contributed by atoms with van der Waals surface area (Å²) in [5.74, 6) is 0.0180. The number of nitrogens with zero attached hydrogens (tertiary/aromatic N) is 2. The molecule has 0 radical (unpaired) electrons. The standard InChI is InChI=1S/C22H22ClN3O2S/c1-14-10-11-15(23)12-19(14)24-20(27)13-29-22-25-18-9-5-4-8-17(18)21(28)26(22)16-6-2-3-7-16/h4-5,8-12,16H,2-3,6-7,13H2,1H3,(H,24,27). The van der Waals surface area contributed by atoms with Crippen LogP contribution in [-0.4, -0.2) is 21.2 Å². The molecule has 1 fully saturated rings. The summed E-state index contributed by atoms with van der Waals surface area (Å²) in [5, 5.41) is 4.71. The number of para-hydroxylation sites is 1. The molecule has 1 heterocycles. The highest BCUT2D eigenvalue weighted by atomic mass is 35.5. The quantitative estimate of drug-likeness (QED) is 0.448. The van der Waals surface area contributed by atoms with E-state index in [0.717, 1.165) is 31.2 Å². The van der Waals surface area contributed by atoms with Gasteiger partial charge in [0.2, 0.25) is 5.91 Å². The Balaban J connectivity index is 1.59. The molecular weight excluding hydrogens is 406 g/mol. The summed E-state index contributed by atoms with van der Waals surface area (Å²) >= 11 is 7.34. The lowest BCUT2D eigenvalue weighted by Crippen LogP contribution is -2.27. The van der Waals surface area contributed by atoms with Crippen LogP contribution in [0.4, 0.5) is 5.69 Å². The molecule has 5 nitrogen and oxygen atoms in total. The van der Waals surface area contributed by atoms with Gasteiger partial charge in [-0.05, 0) is 49.6 Å². The van der Waals surface area contributed by atoms with Crippen LogP contribution in [0.1, 0.15) is 37.3 Å². The molecule has 29 heavy (non-hydrogen) atoms. The second kappa shape index (κ2) is 8.59. The molecular formula is C22H22ClN3O2S. The van der Waals surface area contributed by atoms with Gasteiger partial charge in [-0.3, -0.25) is 14.2 Å². The number of fused-ring (bicyclic) bond motifs is 1. The molecule has 1 aromatic heterocycles. The number of hydrogen-bond acceptors (Lipinski definition) is 4. The molecule has 0 aliphatic heterocycles. The lowest BCUT2D eigenvalue weighted by molar-refractivity contribution is -0.113. The van der Waals surface area contributed by atoms with Crippen molar-refractivity contribution in [3.63, 3.8) is 0 Å². The van der Waals surface area contributed by atoms with Crippen molar-refractivity contribution in [3.8, 4) is 0 Å². The SMILES string of the molecule is Cc1ccc(Cl)cc1NC(=O)CSc1nc2ccccc2c(=O)n1C1CCCC1. The van der Waals surface area contributed by atoms with E-state index in [0.29, 0.717) is 26.8 Å². The van der Waals surface area contributed by atoms with Crippen molar-refractivity contribution in [3.05, 3.63) is 63.4 Å². The highest BCUT2D eigenvalue weighted by Crippen LogP contribution is 2.32. The Morgan fingerprint density at radius 1 is 1.24 bits per heavy atom. The Kier molecular flexibility index (Phi) is 5.92. The maximum absolute atomic E-state index is 13.1. The average Bonchev–Trinajstić information content (AvgIpc) is 3.23. The van der Waals surface area contributed by atoms with Gasteiger partial charge in [0.05, 0.1) is 16.7 Å². The third kappa shape index (κ3) is 4.33. The van der Waals surface area contributed by atoms with Gasteiger partial charge in [-0.25, -0.2) is 4.98 Å². The first-order valence-electron chi connectivity index (χ1n) is 9.73. The zero-order valence-corrected chi connectivity index (χ0v) is 17.7. The molecule has 2 aromatic carbocycles. The highest BCUT2D eigenvalue weighted by Gasteiger charge is 2.23. The predicted octanol–water partition coefficient (Wildman–Crippen LogP) is 5.20. The zero-order valence-electron chi connectivity index (χ0n) is 16.2. The lowest BCUT2D eigenvalue weighted by atomic mass is 10.2. The number of aromatic nitrogens is 2. The van der Waals surface area contributed by atoms with Crippen LogP contribution < -0.4 is 10.9 Å². The molecule has 0 atom stereocenters. The third-order valence-electron chi connectivity index (χ3n) is 5.27. The fourth-order valence-electron chi connectivity index (χ4n) is 3.76. The monoisotopic (exact) mass is 427 g/mol. The van der Waals surface area contributed by atoms with E-state index in [1.807, 2.05) is 37.3 Å². The fraction of sp³-hybridized carbons (Fsp3) is 0.318. The molecule has 4 rings (SSSR count). The van der Waals surface area contributed by atoms with Gasteiger partial charge < -0.3 is 5.32 Å². The first-order valence-corrected chi connectivity index (χ1v) is 11.1. The van der Waals surface area contributed by atoms with Crippen molar-refractivity contribution >= 4 is 45.9 Å². The second-order valence-corrected chi connectivity index (χ2v) is 8.70. The van der Waals surface area contributed by atoms with Crippen LogP contribution in [0.25, 0.3) is 10.9 Å². The Labute approximate surface area is 178 Å². The minimum Gasteiger partial charge on any atom is -0.325 e. The number of amides is 1. The molecule has 1 saturated carbocycles. The normalized spacial score (nSPS) is 14.4. The van der Waals surface area contributed by atoms with Crippen LogP contribution in [-0.2, 0) is 4.79 Å². The van der Waals surface area contributed by atoms with Crippen molar-refractivity contribution in [2.45, 2.75) is 43.8 Å². The average molecular weight is 428 g/mol. The van der Waals surface area contributed by atoms with Crippen LogP contribution in [0.2, 0.25) is 5.02 Å². The number of carbonyl (C=O) groups is 1. The zero-order chi connectivity index (χ0) is 20.4. The van der Waals surface area contributed by atoms with Gasteiger partial charge in [-0.15, -0.1) is 0 Å². The summed E-state index contributed by atoms with van der Waals surface area (Å²) in [5.41, 5.74) is 2.29. The maximum atomic E-state index is 13.1. The van der Waals surface area contributed by atoms with E-state index >= 15 is 0 Å². The Bertz CT molecular complexity index is 1120. The van der Waals surface area contributed by atoms with Crippen molar-refractivity contribution < 1.29 is 4.79 Å². The predicted molar refractivity (Wildman–Crippen MR) is 119 cm³/mol. The van der Waals surface area contributed by atoms with E-state index in [1.165, 1.54) is 11.8 Å². The number of nitrogens with one attached hydrogen (secondary N) is 1. The van der Waals surface area contributed by atoms with Crippen molar-refractivity contribution in [1.82, 2.24) is 9.55 Å². The van der Waals surface area contributed by atoms with Gasteiger partial charge in [0.15, 0.2) is 5.16 Å². The topological polar surface area (TPSA) is 64.0 Å². The Morgan fingerprint density at radius 2 is 2.00 bits per heavy atom. The van der Waals surface area contributed by atoms with Crippen LogP contribution >= 0.6 is 23.4 Å². The summed E-state index contributed by atoms with van der Waals surface area (Å²) in [6.45, 7) is 1.92. The summed E-state index contributed by atoms with van der Waals surface area (Å²) < 4.78 is 1.80. The molecule has 150 valence electrons. The molecule has 1 aliphatic rings. The van der Waals surface area contributed by atoms with E-state index in [4.69, 9.17) is 16.6 Å². The van der Waals surface area contributed by atoms with Gasteiger partial charge in [0, 0.05) is 16.8 Å². The van der Waals surface area contributed by atoms with E-state index in [-0.39, 0.29) is 23.3 Å². The molecule has 0 bridgehead atoms. The Hall–Kier alpha value is -2.31. The van der Waals surface area contributed by atoms with Gasteiger partial charge in [-0.1, -0.05) is 54.4 Å². The minimum absolute atomic E-state index is 0.0175. The van der Waals surface area contributed by atoms with E-state index in [9.17, 15) is 9.59 Å². The molecule has 3 aromatic rings. The highest BCUT2D eigenvalue weighted by molar-refractivity contribution is 7.99. The molecule has 0 unspecified atom stereocenters. The molecule has 1 N–H and O–H groups in total. The Morgan fingerprint density at radius 3 is 2.79 bits per heavy atom. The summed E-state index contributed by atoms with van der Waals surface area (Å²) in [6.07, 6.45) is 4.17. The molecule has 0 spiro atoms. The fourth-order valence-corrected chi connectivity index (χ4v) is 4.80. The lowest BCUT2D eigenvalue weighted by Gasteiger charge is -2.18. The number of thioether (sulfide) groups is 1. The molecule has 1 amide bonds. The summed E-state index contributed by atoms with van der Waals surface area (Å²) in [7, 11) is 0. The van der Waals surface area contributed by atoms with Gasteiger partial charge in [-0.2, -0.15) is 0 Å². The smallest absolute Gasteiger partial charge is 0.262 e. The molecule has 1 aliphatic carbocycles. The number of rotatable bonds is 5. The summed E-state index contributed by atoms with van der Waals surface area (Å²) in [6, 6.07) is 12.9. The first kappa shape index (κ1) is 20.0. The minimum atomic E-state index is -0.152. The van der Waals surface area contributed by atoms with Gasteiger partial charge in [0.25, 0.3) is 5.56 Å². The molecule has 7 heteroatoms. The van der Waals surface area contributed by atoms with Gasteiger partial charge >= 0.3 is 0 Å². The van der Waals surface area contributed by atoms with Crippen molar-refractivity contribution in [2.75, 3.05) is 11.1 Å². The number of anilines is 1. The number of benzene rings is 2.